The van der Waals surface area contributed by atoms with E-state index in [2.05, 4.69) is 5.32 Å². The number of methoxy groups -OCH3 is 2. The van der Waals surface area contributed by atoms with Crippen molar-refractivity contribution < 1.29 is 23.9 Å². The van der Waals surface area contributed by atoms with E-state index in [1.54, 1.807) is 12.1 Å². The number of halogens is 1. The van der Waals surface area contributed by atoms with Crippen molar-refractivity contribution in [3.05, 3.63) is 28.3 Å². The van der Waals surface area contributed by atoms with Gasteiger partial charge in [-0.3, -0.25) is 19.8 Å². The summed E-state index contributed by atoms with van der Waals surface area (Å²) in [5.41, 5.74) is 0.381. The predicted octanol–water partition coefficient (Wildman–Crippen LogP) is 2.76. The van der Waals surface area contributed by atoms with E-state index in [1.807, 2.05) is 0 Å². The summed E-state index contributed by atoms with van der Waals surface area (Å²) in [4.78, 5) is 38.3. The highest BCUT2D eigenvalue weighted by Gasteiger charge is 2.40. The molecular formula is C18H19ClN2O5. The van der Waals surface area contributed by atoms with Gasteiger partial charge < -0.3 is 9.47 Å². The second kappa shape index (κ2) is 7.37. The first-order chi connectivity index (χ1) is 12.5. The first kappa shape index (κ1) is 18.3. The van der Waals surface area contributed by atoms with E-state index in [1.165, 1.54) is 20.3 Å². The Morgan fingerprint density at radius 2 is 1.85 bits per heavy atom. The summed E-state index contributed by atoms with van der Waals surface area (Å²) in [5.74, 6) is -0.575. The fourth-order valence-corrected chi connectivity index (χ4v) is 3.65. The van der Waals surface area contributed by atoms with Crippen LogP contribution in [-0.4, -0.2) is 43.0 Å². The summed E-state index contributed by atoms with van der Waals surface area (Å²) in [5, 5.41) is 2.53. The van der Waals surface area contributed by atoms with Crippen molar-refractivity contribution in [2.24, 2.45) is 0 Å². The lowest BCUT2D eigenvalue weighted by atomic mass is 10.0. The van der Waals surface area contributed by atoms with E-state index in [-0.39, 0.29) is 16.6 Å². The van der Waals surface area contributed by atoms with Crippen molar-refractivity contribution in [1.29, 1.82) is 0 Å². The van der Waals surface area contributed by atoms with Gasteiger partial charge in [0.2, 0.25) is 0 Å². The topological polar surface area (TPSA) is 84.9 Å². The summed E-state index contributed by atoms with van der Waals surface area (Å²) in [7, 11) is 2.93. The number of imide groups is 2. The molecule has 0 bridgehead atoms. The van der Waals surface area contributed by atoms with Crippen LogP contribution in [0.4, 0.5) is 4.79 Å². The van der Waals surface area contributed by atoms with Crippen molar-refractivity contribution in [2.75, 3.05) is 14.2 Å². The average Bonchev–Trinajstić information content (AvgIpc) is 3.12. The number of hydrogen-bond donors (Lipinski definition) is 1. The number of amides is 4. The van der Waals surface area contributed by atoms with E-state index in [0.717, 1.165) is 30.6 Å². The predicted molar refractivity (Wildman–Crippen MR) is 95.2 cm³/mol. The Morgan fingerprint density at radius 1 is 1.15 bits per heavy atom. The van der Waals surface area contributed by atoms with Gasteiger partial charge in [-0.1, -0.05) is 24.4 Å². The zero-order valence-electron chi connectivity index (χ0n) is 14.5. The van der Waals surface area contributed by atoms with Crippen LogP contribution < -0.4 is 14.8 Å². The molecule has 7 nitrogen and oxygen atoms in total. The number of rotatable bonds is 4. The molecule has 1 saturated carbocycles. The maximum atomic E-state index is 12.8. The molecule has 1 aromatic carbocycles. The Morgan fingerprint density at radius 3 is 2.46 bits per heavy atom. The number of ether oxygens (including phenoxy) is 2. The third-order valence-electron chi connectivity index (χ3n) is 4.59. The minimum atomic E-state index is -0.722. The molecule has 1 aliphatic heterocycles. The number of benzene rings is 1. The van der Waals surface area contributed by atoms with Gasteiger partial charge in [0, 0.05) is 6.04 Å². The molecule has 0 unspecified atom stereocenters. The molecule has 1 saturated heterocycles. The van der Waals surface area contributed by atoms with Crippen molar-refractivity contribution in [1.82, 2.24) is 10.2 Å². The van der Waals surface area contributed by atoms with Crippen LogP contribution in [-0.2, 0) is 9.59 Å². The monoisotopic (exact) mass is 378 g/mol. The summed E-state index contributed by atoms with van der Waals surface area (Å²) >= 11 is 6.18. The largest absolute Gasteiger partial charge is 0.493 e. The Labute approximate surface area is 155 Å². The molecule has 8 heteroatoms. The lowest BCUT2D eigenvalue weighted by Crippen LogP contribution is -2.57. The van der Waals surface area contributed by atoms with Crippen LogP contribution in [0, 0.1) is 0 Å². The number of nitrogens with zero attached hydrogens (tertiary/aromatic N) is 1. The van der Waals surface area contributed by atoms with Gasteiger partial charge in [0.15, 0.2) is 11.5 Å². The first-order valence-corrected chi connectivity index (χ1v) is 8.66. The van der Waals surface area contributed by atoms with E-state index < -0.39 is 17.8 Å². The number of nitrogens with one attached hydrogen (secondary N) is 1. The molecule has 0 atom stereocenters. The lowest BCUT2D eigenvalue weighted by Gasteiger charge is -2.31. The maximum Gasteiger partial charge on any atom is 0.331 e. The molecule has 2 fully saturated rings. The third kappa shape index (κ3) is 3.26. The van der Waals surface area contributed by atoms with E-state index in [4.69, 9.17) is 21.1 Å². The quantitative estimate of drug-likeness (QED) is 0.643. The number of carbonyl (C=O) groups excluding carboxylic acids is 3. The second-order valence-electron chi connectivity index (χ2n) is 6.17. The molecule has 3 rings (SSSR count). The molecule has 1 aromatic rings. The van der Waals surface area contributed by atoms with E-state index in [0.29, 0.717) is 17.1 Å². The van der Waals surface area contributed by atoms with Crippen LogP contribution in [0.1, 0.15) is 31.2 Å². The Hall–Kier alpha value is -2.54. The molecule has 4 amide bonds. The summed E-state index contributed by atoms with van der Waals surface area (Å²) in [6.45, 7) is 0. The van der Waals surface area contributed by atoms with E-state index >= 15 is 0 Å². The first-order valence-electron chi connectivity index (χ1n) is 8.28. The molecule has 26 heavy (non-hydrogen) atoms. The third-order valence-corrected chi connectivity index (χ3v) is 4.87. The van der Waals surface area contributed by atoms with Crippen molar-refractivity contribution in [2.45, 2.75) is 31.7 Å². The molecular weight excluding hydrogens is 360 g/mol. The van der Waals surface area contributed by atoms with Gasteiger partial charge in [0.05, 0.1) is 19.2 Å². The van der Waals surface area contributed by atoms with Crippen molar-refractivity contribution >= 4 is 35.5 Å². The fourth-order valence-electron chi connectivity index (χ4n) is 3.35. The van der Waals surface area contributed by atoms with Crippen LogP contribution in [0.5, 0.6) is 11.5 Å². The number of carbonyl (C=O) groups is 3. The van der Waals surface area contributed by atoms with Gasteiger partial charge in [-0.2, -0.15) is 0 Å². The zero-order valence-corrected chi connectivity index (χ0v) is 15.3. The molecule has 2 aliphatic rings. The second-order valence-corrected chi connectivity index (χ2v) is 6.58. The van der Waals surface area contributed by atoms with Gasteiger partial charge >= 0.3 is 6.03 Å². The molecule has 1 heterocycles. The highest BCUT2D eigenvalue weighted by Crippen LogP contribution is 2.37. The number of barbiturate groups is 1. The minimum Gasteiger partial charge on any atom is -0.493 e. The molecule has 0 radical (unpaired) electrons. The van der Waals surface area contributed by atoms with Gasteiger partial charge in [0.1, 0.15) is 5.57 Å². The van der Waals surface area contributed by atoms with Gasteiger partial charge in [-0.05, 0) is 36.6 Å². The van der Waals surface area contributed by atoms with Crippen molar-refractivity contribution in [3.8, 4) is 11.5 Å². The SMILES string of the molecule is COc1cc(/C=C2\C(=O)NC(=O)N(C3CCCC3)C2=O)cc(Cl)c1OC. The van der Waals surface area contributed by atoms with Crippen LogP contribution >= 0.6 is 11.6 Å². The normalized spacial score (nSPS) is 19.9. The average molecular weight is 379 g/mol. The highest BCUT2D eigenvalue weighted by molar-refractivity contribution is 6.33. The molecule has 0 spiro atoms. The maximum absolute atomic E-state index is 12.8. The summed E-state index contributed by atoms with van der Waals surface area (Å²) < 4.78 is 10.4. The Bertz CT molecular complexity index is 799. The van der Waals surface area contributed by atoms with Gasteiger partial charge in [0.25, 0.3) is 11.8 Å². The number of hydrogen-bond acceptors (Lipinski definition) is 5. The Kier molecular flexibility index (Phi) is 5.18. The lowest BCUT2D eigenvalue weighted by molar-refractivity contribution is -0.131. The molecule has 138 valence electrons. The van der Waals surface area contributed by atoms with Crippen LogP contribution in [0.2, 0.25) is 5.02 Å². The van der Waals surface area contributed by atoms with Gasteiger partial charge in [-0.25, -0.2) is 4.79 Å². The molecule has 1 aliphatic carbocycles. The van der Waals surface area contributed by atoms with E-state index in [9.17, 15) is 14.4 Å². The van der Waals surface area contributed by atoms with Gasteiger partial charge in [-0.15, -0.1) is 0 Å². The Balaban J connectivity index is 1.98. The summed E-state index contributed by atoms with van der Waals surface area (Å²) in [6, 6.07) is 2.34. The van der Waals surface area contributed by atoms with Crippen molar-refractivity contribution in [3.63, 3.8) is 0 Å². The highest BCUT2D eigenvalue weighted by atomic mass is 35.5. The number of urea groups is 1. The molecule has 1 N–H and O–H groups in total. The summed E-state index contributed by atoms with van der Waals surface area (Å²) in [6.07, 6.45) is 4.82. The standard InChI is InChI=1S/C18H19ClN2O5/c1-25-14-9-10(8-13(19)15(14)26-2)7-12-16(22)20-18(24)21(17(12)23)11-5-3-4-6-11/h7-9,11H,3-6H2,1-2H3,(H,20,22,24)/b12-7+. The van der Waals surface area contributed by atoms with Crippen LogP contribution in [0.25, 0.3) is 6.08 Å². The fraction of sp³-hybridized carbons (Fsp3) is 0.389. The zero-order chi connectivity index (χ0) is 18.8. The van der Waals surface area contributed by atoms with Crippen LogP contribution in [0.15, 0.2) is 17.7 Å². The molecule has 0 aromatic heterocycles. The minimum absolute atomic E-state index is 0.111. The smallest absolute Gasteiger partial charge is 0.331 e. The van der Waals surface area contributed by atoms with Crippen LogP contribution in [0.3, 0.4) is 0 Å².